The fraction of sp³-hybridized carbons (Fsp3) is 0.192. The van der Waals surface area contributed by atoms with Crippen molar-refractivity contribution < 1.29 is 9.47 Å². The average molecular weight is 699 g/mol. The summed E-state index contributed by atoms with van der Waals surface area (Å²) in [7, 11) is 0. The molecule has 0 saturated carbocycles. The lowest BCUT2D eigenvalue weighted by atomic mass is 10.2. The van der Waals surface area contributed by atoms with Gasteiger partial charge in [0.25, 0.3) is 5.56 Å². The Labute approximate surface area is 238 Å². The minimum atomic E-state index is -0.241. The molecule has 0 aliphatic rings. The van der Waals surface area contributed by atoms with E-state index < -0.39 is 0 Å². The van der Waals surface area contributed by atoms with Crippen molar-refractivity contribution in [2.45, 2.75) is 26.9 Å². The minimum absolute atomic E-state index is 0.241. The maximum Gasteiger partial charge on any atom is 0.282 e. The Balaban J connectivity index is 1.74. The van der Waals surface area contributed by atoms with Crippen LogP contribution in [-0.2, 0) is 13.0 Å². The number of aromatic nitrogens is 2. The molecule has 36 heavy (non-hydrogen) atoms. The number of halogens is 4. The van der Waals surface area contributed by atoms with Crippen LogP contribution in [0, 0.1) is 0 Å². The molecule has 0 aliphatic carbocycles. The van der Waals surface area contributed by atoms with Gasteiger partial charge in [0.2, 0.25) is 0 Å². The normalized spacial score (nSPS) is 11.4. The molecule has 0 fully saturated rings. The standard InChI is InChI=1S/C26H21Br3ClN3O3/c1-3-22-32-20-10-9-17(27)12-18(20)26(34)33(22)31-13-16-11-21(35-4-2)25(24(29)23(16)28)36-14-15-7-5-6-8-19(15)30/h5-13H,3-4,14H2,1-2H3. The van der Waals surface area contributed by atoms with Crippen LogP contribution in [-0.4, -0.2) is 22.5 Å². The van der Waals surface area contributed by atoms with Crippen molar-refractivity contribution in [3.05, 3.63) is 94.3 Å². The number of ether oxygens (including phenoxy) is 2. The van der Waals surface area contributed by atoms with Gasteiger partial charge in [0, 0.05) is 31.5 Å². The molecule has 0 amide bonds. The van der Waals surface area contributed by atoms with Crippen LogP contribution in [0.15, 0.2) is 71.8 Å². The van der Waals surface area contributed by atoms with Crippen LogP contribution in [0.4, 0.5) is 0 Å². The van der Waals surface area contributed by atoms with E-state index in [2.05, 4.69) is 57.9 Å². The Morgan fingerprint density at radius 3 is 2.56 bits per heavy atom. The number of benzene rings is 3. The summed E-state index contributed by atoms with van der Waals surface area (Å²) in [5.74, 6) is 1.63. The summed E-state index contributed by atoms with van der Waals surface area (Å²) in [4.78, 5) is 17.8. The zero-order chi connectivity index (χ0) is 25.8. The number of nitrogens with zero attached hydrogens (tertiary/aromatic N) is 3. The molecular weight excluding hydrogens is 677 g/mol. The van der Waals surface area contributed by atoms with Crippen LogP contribution in [0.2, 0.25) is 5.02 Å². The molecule has 0 unspecified atom stereocenters. The highest BCUT2D eigenvalue weighted by Crippen LogP contribution is 2.43. The van der Waals surface area contributed by atoms with Crippen molar-refractivity contribution in [2.24, 2.45) is 5.10 Å². The quantitative estimate of drug-likeness (QED) is 0.177. The minimum Gasteiger partial charge on any atom is -0.490 e. The number of rotatable bonds is 8. The highest BCUT2D eigenvalue weighted by molar-refractivity contribution is 9.13. The van der Waals surface area contributed by atoms with E-state index in [-0.39, 0.29) is 12.2 Å². The summed E-state index contributed by atoms with van der Waals surface area (Å²) >= 11 is 17.0. The first-order valence-electron chi connectivity index (χ1n) is 11.1. The summed E-state index contributed by atoms with van der Waals surface area (Å²) in [5.41, 5.74) is 1.94. The first-order valence-corrected chi connectivity index (χ1v) is 13.9. The summed E-state index contributed by atoms with van der Waals surface area (Å²) in [6, 6.07) is 14.8. The second-order valence-corrected chi connectivity index (χ2v) is 10.5. The lowest BCUT2D eigenvalue weighted by molar-refractivity contribution is 0.267. The average Bonchev–Trinajstić information content (AvgIpc) is 2.87. The van der Waals surface area contributed by atoms with Gasteiger partial charge in [-0.05, 0) is 69.1 Å². The van der Waals surface area contributed by atoms with Gasteiger partial charge in [-0.1, -0.05) is 52.7 Å². The molecule has 0 atom stereocenters. The summed E-state index contributed by atoms with van der Waals surface area (Å²) in [5, 5.41) is 5.61. The molecule has 0 aliphatic heterocycles. The van der Waals surface area contributed by atoms with Crippen LogP contribution < -0.4 is 15.0 Å². The Hall–Kier alpha value is -2.20. The number of aryl methyl sites for hydroxylation is 1. The van der Waals surface area contributed by atoms with Crippen LogP contribution in [0.5, 0.6) is 11.5 Å². The molecule has 6 nitrogen and oxygen atoms in total. The summed E-state index contributed by atoms with van der Waals surface area (Å²) < 4.78 is 15.5. The third-order valence-corrected chi connectivity index (χ3v) is 8.29. The molecule has 0 N–H and O–H groups in total. The van der Waals surface area contributed by atoms with Gasteiger partial charge in [-0.25, -0.2) is 4.98 Å². The van der Waals surface area contributed by atoms with Crippen LogP contribution >= 0.6 is 59.4 Å². The Kier molecular flexibility index (Phi) is 8.87. The topological polar surface area (TPSA) is 65.7 Å². The summed E-state index contributed by atoms with van der Waals surface area (Å²) in [6.45, 7) is 4.54. The second kappa shape index (κ2) is 11.9. The molecule has 4 aromatic rings. The zero-order valence-corrected chi connectivity index (χ0v) is 24.9. The van der Waals surface area contributed by atoms with Gasteiger partial charge >= 0.3 is 0 Å². The van der Waals surface area contributed by atoms with E-state index in [1.54, 1.807) is 12.3 Å². The molecule has 3 aromatic carbocycles. The Bertz CT molecular complexity index is 1520. The molecule has 1 aromatic heterocycles. The predicted molar refractivity (Wildman–Crippen MR) is 155 cm³/mol. The fourth-order valence-electron chi connectivity index (χ4n) is 3.52. The monoisotopic (exact) mass is 695 g/mol. The van der Waals surface area contributed by atoms with Gasteiger partial charge in [0.1, 0.15) is 12.4 Å². The van der Waals surface area contributed by atoms with E-state index in [0.29, 0.717) is 60.8 Å². The van der Waals surface area contributed by atoms with E-state index in [1.807, 2.05) is 56.3 Å². The molecule has 1 heterocycles. The molecule has 10 heteroatoms. The number of fused-ring (bicyclic) bond motifs is 1. The van der Waals surface area contributed by atoms with Gasteiger partial charge in [-0.3, -0.25) is 4.79 Å². The van der Waals surface area contributed by atoms with Crippen molar-refractivity contribution in [3.63, 3.8) is 0 Å². The maximum absolute atomic E-state index is 13.2. The van der Waals surface area contributed by atoms with Crippen molar-refractivity contribution in [1.82, 2.24) is 9.66 Å². The smallest absolute Gasteiger partial charge is 0.282 e. The van der Waals surface area contributed by atoms with Gasteiger partial charge < -0.3 is 9.47 Å². The third kappa shape index (κ3) is 5.69. The molecule has 4 rings (SSSR count). The fourth-order valence-corrected chi connectivity index (χ4v) is 5.01. The van der Waals surface area contributed by atoms with Crippen molar-refractivity contribution >= 4 is 76.5 Å². The first kappa shape index (κ1) is 26.9. The first-order chi connectivity index (χ1) is 17.3. The lowest BCUT2D eigenvalue weighted by Gasteiger charge is -2.17. The van der Waals surface area contributed by atoms with Gasteiger partial charge in [-0.2, -0.15) is 9.78 Å². The van der Waals surface area contributed by atoms with Gasteiger partial charge in [-0.15, -0.1) is 0 Å². The molecular formula is C26H21Br3ClN3O3. The van der Waals surface area contributed by atoms with E-state index >= 15 is 0 Å². The summed E-state index contributed by atoms with van der Waals surface area (Å²) in [6.07, 6.45) is 2.14. The van der Waals surface area contributed by atoms with E-state index in [0.717, 1.165) is 10.0 Å². The Morgan fingerprint density at radius 1 is 1.06 bits per heavy atom. The van der Waals surface area contributed by atoms with Gasteiger partial charge in [0.05, 0.1) is 28.2 Å². The Morgan fingerprint density at radius 2 is 1.83 bits per heavy atom. The maximum atomic E-state index is 13.2. The van der Waals surface area contributed by atoms with Crippen LogP contribution in [0.1, 0.15) is 30.8 Å². The molecule has 0 radical (unpaired) electrons. The number of hydrogen-bond donors (Lipinski definition) is 0. The van der Waals surface area contributed by atoms with Crippen molar-refractivity contribution in [1.29, 1.82) is 0 Å². The zero-order valence-electron chi connectivity index (χ0n) is 19.4. The third-order valence-electron chi connectivity index (χ3n) is 5.29. The molecule has 0 spiro atoms. The highest BCUT2D eigenvalue weighted by Gasteiger charge is 2.18. The van der Waals surface area contributed by atoms with Crippen molar-refractivity contribution in [2.75, 3.05) is 6.61 Å². The second-order valence-electron chi connectivity index (χ2n) is 7.64. The lowest BCUT2D eigenvalue weighted by Crippen LogP contribution is -2.22. The molecule has 0 bridgehead atoms. The highest BCUT2D eigenvalue weighted by atomic mass is 79.9. The molecule has 0 saturated heterocycles. The van der Waals surface area contributed by atoms with E-state index in [9.17, 15) is 4.79 Å². The molecule has 186 valence electrons. The number of hydrogen-bond acceptors (Lipinski definition) is 5. The van der Waals surface area contributed by atoms with Crippen LogP contribution in [0.3, 0.4) is 0 Å². The van der Waals surface area contributed by atoms with E-state index in [4.69, 9.17) is 21.1 Å². The van der Waals surface area contributed by atoms with Crippen molar-refractivity contribution in [3.8, 4) is 11.5 Å². The van der Waals surface area contributed by atoms with E-state index in [1.165, 1.54) is 4.68 Å². The van der Waals surface area contributed by atoms with Crippen LogP contribution in [0.25, 0.3) is 10.9 Å². The van der Waals surface area contributed by atoms with Gasteiger partial charge in [0.15, 0.2) is 11.5 Å². The largest absolute Gasteiger partial charge is 0.490 e. The SMILES string of the molecule is CCOc1cc(C=Nn2c(CC)nc3ccc(Br)cc3c2=O)c(Br)c(Br)c1OCc1ccccc1Cl. The predicted octanol–water partition coefficient (Wildman–Crippen LogP) is 7.76.